The molecule has 4 heterocycles. The minimum Gasteiger partial charge on any atom is -0.473 e. The average Bonchev–Trinajstić information content (AvgIpc) is 3.47. The highest BCUT2D eigenvalue weighted by atomic mass is 16.4. The molecular weight excluding hydrogens is 530 g/mol. The first-order chi connectivity index (χ1) is 18.9. The molecule has 3 aromatic heterocycles. The van der Waals surface area contributed by atoms with Gasteiger partial charge < -0.3 is 35.1 Å². The minimum atomic E-state index is -1.82. The van der Waals surface area contributed by atoms with Crippen LogP contribution in [0.15, 0.2) is 34.9 Å². The minimum absolute atomic E-state index is 0.259. The van der Waals surface area contributed by atoms with Crippen LogP contribution in [-0.4, -0.2) is 95.2 Å². The zero-order valence-electron chi connectivity index (χ0n) is 21.9. The van der Waals surface area contributed by atoms with Gasteiger partial charge in [-0.15, -0.1) is 0 Å². The monoisotopic (exact) mass is 561 g/mol. The van der Waals surface area contributed by atoms with E-state index < -0.39 is 23.9 Å². The van der Waals surface area contributed by atoms with Gasteiger partial charge >= 0.3 is 23.9 Å². The number of nitrogens with one attached hydrogen (secondary N) is 1. The lowest BCUT2D eigenvalue weighted by Gasteiger charge is -2.32. The molecule has 1 saturated heterocycles. The number of aryl methyl sites for hydroxylation is 1. The molecule has 0 unspecified atom stereocenters. The fraction of sp³-hybridized carbons (Fsp3) is 0.400. The number of hydrogen-bond donors (Lipinski definition) is 5. The van der Waals surface area contributed by atoms with E-state index in [0.29, 0.717) is 19.0 Å². The van der Waals surface area contributed by atoms with Gasteiger partial charge in [0.05, 0.1) is 6.54 Å². The number of nitrogens with zero attached hydrogens (tertiary/aromatic N) is 4. The number of hydrogen-bond acceptors (Lipinski definition) is 10. The van der Waals surface area contributed by atoms with Gasteiger partial charge in [-0.1, -0.05) is 0 Å². The molecule has 40 heavy (non-hydrogen) atoms. The molecule has 4 rings (SSSR count). The van der Waals surface area contributed by atoms with E-state index in [0.717, 1.165) is 61.1 Å². The Morgan fingerprint density at radius 3 is 2.08 bits per heavy atom. The lowest BCUT2D eigenvalue weighted by Crippen LogP contribution is -2.40. The van der Waals surface area contributed by atoms with Crippen molar-refractivity contribution in [2.75, 3.05) is 25.0 Å². The van der Waals surface area contributed by atoms with Gasteiger partial charge in [0.15, 0.2) is 5.65 Å². The maximum atomic E-state index is 11.2. The maximum Gasteiger partial charge on any atom is 0.414 e. The fourth-order valence-corrected chi connectivity index (χ4v) is 3.74. The van der Waals surface area contributed by atoms with Gasteiger partial charge in [-0.05, 0) is 51.0 Å². The second-order valence-corrected chi connectivity index (χ2v) is 8.81. The first-order valence-corrected chi connectivity index (χ1v) is 12.1. The maximum absolute atomic E-state index is 11.2. The summed E-state index contributed by atoms with van der Waals surface area (Å²) in [4.78, 5) is 59.3. The van der Waals surface area contributed by atoms with E-state index in [1.807, 2.05) is 31.2 Å². The lowest BCUT2D eigenvalue weighted by molar-refractivity contribution is -0.159. The number of imidazole rings is 1. The number of aromatic nitrogens is 3. The van der Waals surface area contributed by atoms with E-state index in [2.05, 4.69) is 19.8 Å². The predicted molar refractivity (Wildman–Crippen MR) is 139 cm³/mol. The normalized spacial score (nSPS) is 13.3. The predicted octanol–water partition coefficient (Wildman–Crippen LogP) is 1.55. The number of carboxylic acid groups (broad SMARTS) is 4. The molecule has 0 aliphatic carbocycles. The summed E-state index contributed by atoms with van der Waals surface area (Å²) in [7, 11) is 0. The molecule has 15 nitrogen and oxygen atoms in total. The Morgan fingerprint density at radius 1 is 0.975 bits per heavy atom. The van der Waals surface area contributed by atoms with Crippen LogP contribution in [0.3, 0.4) is 0 Å². The summed E-state index contributed by atoms with van der Waals surface area (Å²) in [5.41, 5.74) is 1.74. The molecule has 1 aliphatic heterocycles. The summed E-state index contributed by atoms with van der Waals surface area (Å²) in [6.45, 7) is 7.07. The molecule has 15 heteroatoms. The van der Waals surface area contributed by atoms with E-state index >= 15 is 0 Å². The van der Waals surface area contributed by atoms with Crippen molar-refractivity contribution in [3.8, 4) is 0 Å². The number of carbonyl (C=O) groups excluding carboxylic acids is 1. The zero-order valence-corrected chi connectivity index (χ0v) is 21.9. The Balaban J connectivity index is 0.000000393. The summed E-state index contributed by atoms with van der Waals surface area (Å²) in [6.07, 6.45) is 4.51. The van der Waals surface area contributed by atoms with Crippen molar-refractivity contribution in [1.82, 2.24) is 19.4 Å². The van der Waals surface area contributed by atoms with E-state index in [-0.39, 0.29) is 5.78 Å². The van der Waals surface area contributed by atoms with Crippen molar-refractivity contribution in [3.63, 3.8) is 0 Å². The number of pyridine rings is 1. The Hall–Kier alpha value is -4.79. The highest BCUT2D eigenvalue weighted by Gasteiger charge is 2.22. The molecule has 0 atom stereocenters. The number of aliphatic carboxylic acids is 4. The zero-order chi connectivity index (χ0) is 29.8. The third-order valence-electron chi connectivity index (χ3n) is 5.68. The lowest BCUT2D eigenvalue weighted by atomic mass is 10.0. The van der Waals surface area contributed by atoms with Crippen molar-refractivity contribution in [2.24, 2.45) is 0 Å². The number of anilines is 1. The van der Waals surface area contributed by atoms with Crippen LogP contribution in [-0.2, 0) is 30.5 Å². The van der Waals surface area contributed by atoms with Gasteiger partial charge in [0, 0.05) is 38.3 Å². The number of fused-ring (bicyclic) bond motifs is 1. The van der Waals surface area contributed by atoms with E-state index in [1.54, 1.807) is 13.1 Å². The summed E-state index contributed by atoms with van der Waals surface area (Å²) in [5.74, 6) is -4.40. The molecular formula is C25H31N5O10. The van der Waals surface area contributed by atoms with Crippen LogP contribution in [0.5, 0.6) is 0 Å². The topological polar surface area (TPSA) is 225 Å². The van der Waals surface area contributed by atoms with Crippen molar-refractivity contribution < 1.29 is 48.8 Å². The molecule has 216 valence electrons. The standard InChI is InChI=1S/C21H27N5O2.2C2H2O4/c1-15(27)7-11-25-12-8-17(9-13-25)23-21-24-19-4-3-10-22-20(19)26(21)14-18-6-5-16(2)28-18;2*3-1(4)2(5)6/h3-6,10,17H,7-9,11-14H2,1-2H3,(H,23,24);2*(H,3,4)(H,5,6). The van der Waals surface area contributed by atoms with E-state index in [9.17, 15) is 4.79 Å². The summed E-state index contributed by atoms with van der Waals surface area (Å²) >= 11 is 0. The van der Waals surface area contributed by atoms with Crippen LogP contribution < -0.4 is 5.32 Å². The Labute approximate surface area is 228 Å². The SMILES string of the molecule is CC(=O)CCN1CCC(Nc2nc3cccnc3n2Cc2ccc(C)o2)CC1.O=C(O)C(=O)O.O=C(O)C(=O)O. The summed E-state index contributed by atoms with van der Waals surface area (Å²) in [5, 5.41) is 33.2. The third kappa shape index (κ3) is 10.2. The van der Waals surface area contributed by atoms with Gasteiger partial charge in [-0.25, -0.2) is 29.1 Å². The highest BCUT2D eigenvalue weighted by molar-refractivity contribution is 6.27. The molecule has 0 saturated carbocycles. The number of likely N-dealkylation sites (tertiary alicyclic amines) is 1. The Morgan fingerprint density at radius 2 is 1.57 bits per heavy atom. The van der Waals surface area contributed by atoms with Crippen molar-refractivity contribution in [2.45, 2.75) is 45.7 Å². The number of carboxylic acids is 4. The number of Topliss-reactive ketones (excluding diaryl/α,β-unsaturated/α-hetero) is 1. The molecule has 3 aromatic rings. The Bertz CT molecular complexity index is 1290. The smallest absolute Gasteiger partial charge is 0.414 e. The van der Waals surface area contributed by atoms with E-state index in [1.165, 1.54) is 0 Å². The van der Waals surface area contributed by atoms with Gasteiger partial charge in [0.25, 0.3) is 0 Å². The molecule has 0 bridgehead atoms. The second kappa shape index (κ2) is 15.0. The number of carbonyl (C=O) groups is 5. The van der Waals surface area contributed by atoms with E-state index in [4.69, 9.17) is 49.0 Å². The summed E-state index contributed by atoms with van der Waals surface area (Å²) in [6, 6.07) is 8.24. The van der Waals surface area contributed by atoms with Crippen molar-refractivity contribution in [1.29, 1.82) is 0 Å². The summed E-state index contributed by atoms with van der Waals surface area (Å²) < 4.78 is 7.87. The Kier molecular flexibility index (Phi) is 11.8. The van der Waals surface area contributed by atoms with Gasteiger partial charge in [-0.2, -0.15) is 0 Å². The first-order valence-electron chi connectivity index (χ1n) is 12.1. The molecule has 0 amide bonds. The largest absolute Gasteiger partial charge is 0.473 e. The van der Waals surface area contributed by atoms with Crippen LogP contribution in [0.2, 0.25) is 0 Å². The number of furan rings is 1. The number of piperidine rings is 1. The van der Waals surface area contributed by atoms with Crippen LogP contribution in [0.4, 0.5) is 5.95 Å². The fourth-order valence-electron chi connectivity index (χ4n) is 3.74. The molecule has 0 spiro atoms. The van der Waals surface area contributed by atoms with Crippen LogP contribution in [0, 0.1) is 6.92 Å². The second-order valence-electron chi connectivity index (χ2n) is 8.81. The number of ketones is 1. The molecule has 5 N–H and O–H groups in total. The van der Waals surface area contributed by atoms with Crippen molar-refractivity contribution >= 4 is 46.8 Å². The van der Waals surface area contributed by atoms with Gasteiger partial charge in [-0.3, -0.25) is 9.36 Å². The quantitative estimate of drug-likeness (QED) is 0.258. The molecule has 0 aromatic carbocycles. The van der Waals surface area contributed by atoms with Crippen LogP contribution in [0.25, 0.3) is 11.2 Å². The highest BCUT2D eigenvalue weighted by Crippen LogP contribution is 2.23. The van der Waals surface area contributed by atoms with Crippen LogP contribution in [0.1, 0.15) is 37.7 Å². The van der Waals surface area contributed by atoms with Crippen molar-refractivity contribution in [3.05, 3.63) is 42.0 Å². The van der Waals surface area contributed by atoms with Gasteiger partial charge in [0.2, 0.25) is 5.95 Å². The number of rotatable bonds is 7. The average molecular weight is 562 g/mol. The van der Waals surface area contributed by atoms with Gasteiger partial charge in [0.1, 0.15) is 22.8 Å². The van der Waals surface area contributed by atoms with Crippen LogP contribution >= 0.6 is 0 Å². The first kappa shape index (κ1) is 31.4. The third-order valence-corrected chi connectivity index (χ3v) is 5.68. The molecule has 1 fully saturated rings. The molecule has 1 aliphatic rings. The molecule has 0 radical (unpaired) electrons.